The van der Waals surface area contributed by atoms with Crippen LogP contribution in [0, 0.1) is 56.7 Å². The molecule has 3 N–H and O–H groups in total. The molecular weight excluding hydrogens is 424 g/mol. The van der Waals surface area contributed by atoms with Crippen LogP contribution in [0.1, 0.15) is 98.8 Å². The summed E-state index contributed by atoms with van der Waals surface area (Å²) in [4.78, 5) is 12.8. The van der Waals surface area contributed by atoms with E-state index in [0.717, 1.165) is 63.4 Å². The minimum absolute atomic E-state index is 0.00116. The van der Waals surface area contributed by atoms with Crippen molar-refractivity contribution in [2.24, 2.45) is 56.7 Å². The number of hydrogen-bond acceptors (Lipinski definition) is 3. The van der Waals surface area contributed by atoms with Crippen LogP contribution in [0.25, 0.3) is 0 Å². The third-order valence-electron chi connectivity index (χ3n) is 13.4. The Labute approximate surface area is 206 Å². The average Bonchev–Trinajstić information content (AvgIpc) is 3.18. The van der Waals surface area contributed by atoms with Gasteiger partial charge in [-0.3, -0.25) is 4.79 Å². The first-order valence-electron chi connectivity index (χ1n) is 14.0. The second kappa shape index (κ2) is 7.57. The standard InChI is InChI=1S/C30H48O4/c1-18(2)19-9-14-29(25(33)34)15-16-30(17-31)20(24(19)29)7-8-22-27(5)12-11-23(32)26(3,4)21(27)10-13-28(22,30)6/h19-24,31-32H,1,7-17H2,2-6H3,(H,33,34)/t19-,20+,21-,22+,23-,24+,27-,28+,29-,30-/m0/s1. The molecule has 0 heterocycles. The van der Waals surface area contributed by atoms with Gasteiger partial charge in [0.1, 0.15) is 0 Å². The number of carbonyl (C=O) groups is 1. The van der Waals surface area contributed by atoms with Crippen molar-refractivity contribution in [1.82, 2.24) is 0 Å². The van der Waals surface area contributed by atoms with Crippen LogP contribution < -0.4 is 0 Å². The number of allylic oxidation sites excluding steroid dienone is 1. The summed E-state index contributed by atoms with van der Waals surface area (Å²) in [7, 11) is 0. The van der Waals surface area contributed by atoms with E-state index in [2.05, 4.69) is 41.2 Å². The van der Waals surface area contributed by atoms with Gasteiger partial charge in [-0.1, -0.05) is 39.8 Å². The lowest BCUT2D eigenvalue weighted by Crippen LogP contribution is -2.68. The number of aliphatic carboxylic acids is 1. The van der Waals surface area contributed by atoms with Crippen molar-refractivity contribution in [3.63, 3.8) is 0 Å². The summed E-state index contributed by atoms with van der Waals surface area (Å²) in [5.74, 6) is 0.981. The number of carboxylic acids is 1. The number of aliphatic hydroxyl groups is 2. The molecule has 0 aliphatic heterocycles. The summed E-state index contributed by atoms with van der Waals surface area (Å²) < 4.78 is 0. The number of fused-ring (bicyclic) bond motifs is 7. The zero-order chi connectivity index (χ0) is 24.9. The lowest BCUT2D eigenvalue weighted by Gasteiger charge is -2.73. The Bertz CT molecular complexity index is 879. The normalized spacial score (nSPS) is 53.7. The molecule has 4 heteroatoms. The summed E-state index contributed by atoms with van der Waals surface area (Å²) in [6.45, 7) is 16.1. The van der Waals surface area contributed by atoms with Gasteiger partial charge in [-0.05, 0) is 117 Å². The highest BCUT2D eigenvalue weighted by Gasteiger charge is 2.73. The Kier molecular flexibility index (Phi) is 5.52. The van der Waals surface area contributed by atoms with Crippen molar-refractivity contribution in [3.8, 4) is 0 Å². The highest BCUT2D eigenvalue weighted by atomic mass is 16.4. The van der Waals surface area contributed by atoms with Gasteiger partial charge < -0.3 is 15.3 Å². The summed E-state index contributed by atoms with van der Waals surface area (Å²) in [6, 6.07) is 0. The first-order valence-corrected chi connectivity index (χ1v) is 14.0. The highest BCUT2D eigenvalue weighted by molar-refractivity contribution is 5.76. The van der Waals surface area contributed by atoms with Gasteiger partial charge in [0.05, 0.1) is 11.5 Å². The summed E-state index contributed by atoms with van der Waals surface area (Å²) >= 11 is 0. The van der Waals surface area contributed by atoms with Crippen LogP contribution in [0.2, 0.25) is 0 Å². The maximum Gasteiger partial charge on any atom is 0.309 e. The predicted molar refractivity (Wildman–Crippen MR) is 134 cm³/mol. The molecule has 0 aromatic carbocycles. The molecule has 0 radical (unpaired) electrons. The fourth-order valence-electron chi connectivity index (χ4n) is 11.7. The topological polar surface area (TPSA) is 77.8 Å². The number of hydrogen-bond donors (Lipinski definition) is 3. The molecule has 10 atom stereocenters. The second-order valence-electron chi connectivity index (χ2n) is 14.4. The van der Waals surface area contributed by atoms with E-state index in [4.69, 9.17) is 0 Å². The molecule has 34 heavy (non-hydrogen) atoms. The lowest BCUT2D eigenvalue weighted by molar-refractivity contribution is -0.261. The van der Waals surface area contributed by atoms with Crippen LogP contribution in [0.3, 0.4) is 0 Å². The Morgan fingerprint density at radius 1 is 0.912 bits per heavy atom. The van der Waals surface area contributed by atoms with Crippen molar-refractivity contribution < 1.29 is 20.1 Å². The Balaban J connectivity index is 1.60. The molecule has 5 saturated carbocycles. The second-order valence-corrected chi connectivity index (χ2v) is 14.4. The molecule has 192 valence electrons. The van der Waals surface area contributed by atoms with Gasteiger partial charge >= 0.3 is 5.97 Å². The Morgan fingerprint density at radius 3 is 2.24 bits per heavy atom. The number of aliphatic hydroxyl groups excluding tert-OH is 2. The third-order valence-corrected chi connectivity index (χ3v) is 13.4. The minimum Gasteiger partial charge on any atom is -0.481 e. The van der Waals surface area contributed by atoms with E-state index in [9.17, 15) is 20.1 Å². The average molecular weight is 473 g/mol. The van der Waals surface area contributed by atoms with E-state index < -0.39 is 11.4 Å². The molecule has 0 spiro atoms. The molecule has 5 aliphatic carbocycles. The van der Waals surface area contributed by atoms with Crippen LogP contribution in [0.5, 0.6) is 0 Å². The van der Waals surface area contributed by atoms with Crippen molar-refractivity contribution >= 4 is 5.97 Å². The van der Waals surface area contributed by atoms with Crippen molar-refractivity contribution in [2.75, 3.05) is 6.61 Å². The van der Waals surface area contributed by atoms with E-state index >= 15 is 0 Å². The molecule has 5 fully saturated rings. The fraction of sp³-hybridized carbons (Fsp3) is 0.900. The number of carboxylic acid groups (broad SMARTS) is 1. The van der Waals surface area contributed by atoms with Crippen LogP contribution in [-0.2, 0) is 4.79 Å². The van der Waals surface area contributed by atoms with Gasteiger partial charge in [-0.25, -0.2) is 0 Å². The van der Waals surface area contributed by atoms with Crippen LogP contribution in [0.15, 0.2) is 12.2 Å². The number of rotatable bonds is 3. The van der Waals surface area contributed by atoms with Gasteiger partial charge in [0.25, 0.3) is 0 Å². The first-order chi connectivity index (χ1) is 15.8. The fourth-order valence-corrected chi connectivity index (χ4v) is 11.7. The predicted octanol–water partition coefficient (Wildman–Crippen LogP) is 6.06. The van der Waals surface area contributed by atoms with Crippen LogP contribution >= 0.6 is 0 Å². The maximum atomic E-state index is 12.8. The smallest absolute Gasteiger partial charge is 0.309 e. The molecule has 0 amide bonds. The molecule has 0 unspecified atom stereocenters. The molecule has 0 saturated heterocycles. The monoisotopic (exact) mass is 472 g/mol. The van der Waals surface area contributed by atoms with Crippen molar-refractivity contribution in [1.29, 1.82) is 0 Å². The van der Waals surface area contributed by atoms with E-state index in [-0.39, 0.29) is 52.1 Å². The van der Waals surface area contributed by atoms with E-state index in [1.54, 1.807) is 0 Å². The molecule has 0 bridgehead atoms. The highest BCUT2D eigenvalue weighted by Crippen LogP contribution is 2.77. The lowest BCUT2D eigenvalue weighted by atomic mass is 9.32. The first kappa shape index (κ1) is 24.8. The largest absolute Gasteiger partial charge is 0.481 e. The molecule has 4 nitrogen and oxygen atoms in total. The van der Waals surface area contributed by atoms with E-state index in [1.165, 1.54) is 0 Å². The van der Waals surface area contributed by atoms with Gasteiger partial charge in [0.2, 0.25) is 0 Å². The maximum absolute atomic E-state index is 12.8. The molecular formula is C30H48O4. The molecule has 5 rings (SSSR count). The van der Waals surface area contributed by atoms with E-state index in [0.29, 0.717) is 18.3 Å². The minimum atomic E-state index is -0.645. The van der Waals surface area contributed by atoms with Crippen LogP contribution in [-0.4, -0.2) is 34.0 Å². The van der Waals surface area contributed by atoms with Gasteiger partial charge in [0, 0.05) is 12.0 Å². The Hall–Kier alpha value is -0.870. The van der Waals surface area contributed by atoms with Crippen molar-refractivity contribution in [3.05, 3.63) is 12.2 Å². The SMILES string of the molecule is C=C(C)[C@@H]1CC[C@]2(C(=O)O)CC[C@]3(CO)[C@H](CC[C@@H]4[C@@]5(C)CC[C@H](O)C(C)(C)[C@@H]5CC[C@]43C)[C@@H]12. The van der Waals surface area contributed by atoms with Crippen molar-refractivity contribution in [2.45, 2.75) is 105 Å². The zero-order valence-corrected chi connectivity index (χ0v) is 22.2. The zero-order valence-electron chi connectivity index (χ0n) is 22.2. The summed E-state index contributed by atoms with van der Waals surface area (Å²) in [6.07, 6.45) is 9.23. The quantitative estimate of drug-likeness (QED) is 0.436. The Morgan fingerprint density at radius 2 is 1.62 bits per heavy atom. The van der Waals surface area contributed by atoms with E-state index in [1.807, 2.05) is 0 Å². The van der Waals surface area contributed by atoms with Gasteiger partial charge in [-0.2, -0.15) is 0 Å². The third kappa shape index (κ3) is 2.76. The van der Waals surface area contributed by atoms with Crippen LogP contribution in [0.4, 0.5) is 0 Å². The summed E-state index contributed by atoms with van der Waals surface area (Å²) in [5, 5.41) is 32.7. The van der Waals surface area contributed by atoms with Gasteiger partial charge in [-0.15, -0.1) is 0 Å². The van der Waals surface area contributed by atoms with Gasteiger partial charge in [0.15, 0.2) is 0 Å². The molecule has 5 aliphatic rings. The molecule has 0 aromatic rings. The summed E-state index contributed by atoms with van der Waals surface area (Å²) in [5.41, 5.74) is 0.348. The molecule has 0 aromatic heterocycles.